The van der Waals surface area contributed by atoms with Crippen LogP contribution >= 0.6 is 11.6 Å². The maximum absolute atomic E-state index is 12.4. The van der Waals surface area contributed by atoms with Gasteiger partial charge in [-0.1, -0.05) is 34.3 Å². The molecule has 0 aliphatic carbocycles. The minimum atomic E-state index is -4.10. The van der Waals surface area contributed by atoms with Gasteiger partial charge in [0.1, 0.15) is 11.4 Å². The molecule has 1 amide bonds. The molecule has 2 aromatic rings. The van der Waals surface area contributed by atoms with Gasteiger partial charge < -0.3 is 4.74 Å². The number of anilines is 1. The third-order valence-electron chi connectivity index (χ3n) is 3.96. The fourth-order valence-corrected chi connectivity index (χ4v) is 3.83. The van der Waals surface area contributed by atoms with E-state index in [1.807, 2.05) is 6.07 Å². The van der Waals surface area contributed by atoms with E-state index < -0.39 is 28.5 Å². The average molecular weight is 452 g/mol. The number of nitriles is 1. The number of para-hydroxylation sites is 1. The Morgan fingerprint density at radius 2 is 1.83 bits per heavy atom. The highest BCUT2D eigenvalue weighted by Crippen LogP contribution is 2.25. The number of sulfonamides is 1. The largest absolute Gasteiger partial charge is 0.452 e. The summed E-state index contributed by atoms with van der Waals surface area (Å²) in [6, 6.07) is 13.8. The predicted molar refractivity (Wildman–Crippen MR) is 108 cm³/mol. The molecule has 0 atom stereocenters. The number of hydroxylamine groups is 1. The molecular formula is C19H18ClN3O6S. The van der Waals surface area contributed by atoms with Crippen LogP contribution in [0.2, 0.25) is 5.02 Å². The Hall–Kier alpha value is -2.97. The molecule has 0 spiro atoms. The van der Waals surface area contributed by atoms with E-state index in [0.717, 1.165) is 13.2 Å². The van der Waals surface area contributed by atoms with E-state index in [-0.39, 0.29) is 22.0 Å². The zero-order valence-electron chi connectivity index (χ0n) is 16.1. The van der Waals surface area contributed by atoms with Crippen molar-refractivity contribution in [1.29, 1.82) is 5.26 Å². The molecule has 158 valence electrons. The number of carbonyl (C=O) groups is 2. The summed E-state index contributed by atoms with van der Waals surface area (Å²) in [6.45, 7) is -0.870. The molecule has 0 N–H and O–H groups in total. The molecule has 0 fully saturated rings. The molecule has 11 heteroatoms. The highest BCUT2D eigenvalue weighted by molar-refractivity contribution is 7.89. The van der Waals surface area contributed by atoms with Crippen molar-refractivity contribution in [2.45, 2.75) is 4.90 Å². The second-order valence-corrected chi connectivity index (χ2v) is 8.10. The third-order valence-corrected chi connectivity index (χ3v) is 6.13. The molecule has 0 aliphatic heterocycles. The summed E-state index contributed by atoms with van der Waals surface area (Å²) >= 11 is 5.95. The van der Waals surface area contributed by atoms with Gasteiger partial charge in [-0.2, -0.15) is 5.26 Å². The van der Waals surface area contributed by atoms with Crippen molar-refractivity contribution in [2.75, 3.05) is 32.2 Å². The highest BCUT2D eigenvalue weighted by atomic mass is 35.5. The standard InChI is InChI=1S/C19H18ClN3O6S/c1-22(28-2)30(26,27)17-12-14(8-9-16(17)20)19(25)29-13-18(24)23(11-10-21)15-6-4-3-5-7-15/h3-9,12H,11,13H2,1-2H3. The Bertz CT molecular complexity index is 1070. The van der Waals surface area contributed by atoms with Crippen molar-refractivity contribution in [3.8, 4) is 6.07 Å². The molecule has 0 unspecified atom stereocenters. The number of nitrogens with zero attached hydrogens (tertiary/aromatic N) is 3. The number of hydrogen-bond donors (Lipinski definition) is 0. The minimum absolute atomic E-state index is 0.115. The predicted octanol–water partition coefficient (Wildman–Crippen LogP) is 2.24. The number of benzene rings is 2. The van der Waals surface area contributed by atoms with E-state index in [4.69, 9.17) is 21.6 Å². The molecule has 30 heavy (non-hydrogen) atoms. The molecule has 0 saturated heterocycles. The van der Waals surface area contributed by atoms with E-state index in [9.17, 15) is 18.0 Å². The second kappa shape index (κ2) is 10.2. The van der Waals surface area contributed by atoms with Gasteiger partial charge in [0.05, 0.1) is 23.8 Å². The molecule has 2 rings (SSSR count). The van der Waals surface area contributed by atoms with Gasteiger partial charge >= 0.3 is 5.97 Å². The maximum Gasteiger partial charge on any atom is 0.338 e. The van der Waals surface area contributed by atoms with Gasteiger partial charge in [-0.25, -0.2) is 13.2 Å². The molecule has 0 radical (unpaired) electrons. The monoisotopic (exact) mass is 451 g/mol. The van der Waals surface area contributed by atoms with Crippen molar-refractivity contribution in [3.63, 3.8) is 0 Å². The highest BCUT2D eigenvalue weighted by Gasteiger charge is 2.26. The van der Waals surface area contributed by atoms with Crippen LogP contribution in [0.3, 0.4) is 0 Å². The molecule has 0 bridgehead atoms. The van der Waals surface area contributed by atoms with Crippen molar-refractivity contribution in [2.24, 2.45) is 0 Å². The Morgan fingerprint density at radius 1 is 1.17 bits per heavy atom. The van der Waals surface area contributed by atoms with Gasteiger partial charge in [0.15, 0.2) is 6.61 Å². The van der Waals surface area contributed by atoms with Gasteiger partial charge in [0.25, 0.3) is 15.9 Å². The first kappa shape index (κ1) is 23.3. The van der Waals surface area contributed by atoms with Crippen molar-refractivity contribution in [1.82, 2.24) is 4.47 Å². The van der Waals surface area contributed by atoms with Crippen LogP contribution in [0.1, 0.15) is 10.4 Å². The summed E-state index contributed by atoms with van der Waals surface area (Å²) in [5.41, 5.74) is 0.351. The van der Waals surface area contributed by atoms with E-state index >= 15 is 0 Å². The number of hydrogen-bond acceptors (Lipinski definition) is 7. The summed E-state index contributed by atoms with van der Waals surface area (Å²) < 4.78 is 30.4. The molecule has 2 aromatic carbocycles. The molecule has 0 aliphatic rings. The van der Waals surface area contributed by atoms with Crippen LogP contribution < -0.4 is 4.90 Å². The fourth-order valence-electron chi connectivity index (χ4n) is 2.36. The molecule has 0 aromatic heterocycles. The number of rotatable bonds is 8. The number of amides is 1. The lowest BCUT2D eigenvalue weighted by Gasteiger charge is -2.19. The van der Waals surface area contributed by atoms with Crippen LogP contribution in [0.4, 0.5) is 5.69 Å². The number of halogens is 1. The molecular weight excluding hydrogens is 434 g/mol. The van der Waals surface area contributed by atoms with Gasteiger partial charge in [0, 0.05) is 12.7 Å². The third kappa shape index (κ3) is 5.34. The first-order chi connectivity index (χ1) is 14.2. The smallest absolute Gasteiger partial charge is 0.338 e. The number of carbonyl (C=O) groups excluding carboxylic acids is 2. The van der Waals surface area contributed by atoms with Crippen molar-refractivity contribution in [3.05, 3.63) is 59.1 Å². The SMILES string of the molecule is CON(C)S(=O)(=O)c1cc(C(=O)OCC(=O)N(CC#N)c2ccccc2)ccc1Cl. The van der Waals surface area contributed by atoms with Crippen molar-refractivity contribution < 1.29 is 27.6 Å². The molecule has 0 saturated carbocycles. The summed E-state index contributed by atoms with van der Waals surface area (Å²) in [7, 11) is -1.77. The summed E-state index contributed by atoms with van der Waals surface area (Å²) in [4.78, 5) is 30.3. The van der Waals surface area contributed by atoms with Gasteiger partial charge in [-0.05, 0) is 30.3 Å². The quantitative estimate of drug-likeness (QED) is 0.343. The molecule has 0 heterocycles. The van der Waals surface area contributed by atoms with E-state index in [0.29, 0.717) is 10.2 Å². The van der Waals surface area contributed by atoms with Gasteiger partial charge in [-0.15, -0.1) is 0 Å². The first-order valence-corrected chi connectivity index (χ1v) is 10.3. The zero-order chi connectivity index (χ0) is 22.3. The van der Waals surface area contributed by atoms with Crippen LogP contribution in [0.5, 0.6) is 0 Å². The maximum atomic E-state index is 12.4. The van der Waals surface area contributed by atoms with Crippen LogP contribution in [0, 0.1) is 11.3 Å². The Kier molecular flexibility index (Phi) is 7.91. The summed E-state index contributed by atoms with van der Waals surface area (Å²) in [5, 5.41) is 8.85. The van der Waals surface area contributed by atoms with Crippen LogP contribution in [-0.4, -0.2) is 52.1 Å². The van der Waals surface area contributed by atoms with Crippen LogP contribution in [-0.2, 0) is 24.4 Å². The van der Waals surface area contributed by atoms with Gasteiger partial charge in [-0.3, -0.25) is 14.5 Å². The van der Waals surface area contributed by atoms with Crippen LogP contribution in [0.15, 0.2) is 53.4 Å². The van der Waals surface area contributed by atoms with Crippen LogP contribution in [0.25, 0.3) is 0 Å². The van der Waals surface area contributed by atoms with Gasteiger partial charge in [0.2, 0.25) is 0 Å². The lowest BCUT2D eigenvalue weighted by atomic mass is 10.2. The molecule has 9 nitrogen and oxygen atoms in total. The Balaban J connectivity index is 2.17. The summed E-state index contributed by atoms with van der Waals surface area (Å²) in [6.07, 6.45) is 0. The van der Waals surface area contributed by atoms with E-state index in [2.05, 4.69) is 4.84 Å². The Labute approximate surface area is 179 Å². The van der Waals surface area contributed by atoms with Crippen molar-refractivity contribution >= 4 is 39.2 Å². The minimum Gasteiger partial charge on any atom is -0.452 e. The number of esters is 1. The first-order valence-electron chi connectivity index (χ1n) is 8.44. The lowest BCUT2D eigenvalue weighted by Crippen LogP contribution is -2.35. The van der Waals surface area contributed by atoms with E-state index in [1.54, 1.807) is 30.3 Å². The summed E-state index contributed by atoms with van der Waals surface area (Å²) in [5.74, 6) is -1.54. The average Bonchev–Trinajstić information content (AvgIpc) is 2.75. The second-order valence-electron chi connectivity index (χ2n) is 5.79. The lowest BCUT2D eigenvalue weighted by molar-refractivity contribution is -0.121. The van der Waals surface area contributed by atoms with E-state index in [1.165, 1.54) is 24.1 Å². The number of ether oxygens (including phenoxy) is 1. The topological polar surface area (TPSA) is 117 Å². The zero-order valence-corrected chi connectivity index (χ0v) is 17.7. The normalized spacial score (nSPS) is 11.0. The fraction of sp³-hybridized carbons (Fsp3) is 0.211. The Morgan fingerprint density at radius 3 is 2.43 bits per heavy atom.